The summed E-state index contributed by atoms with van der Waals surface area (Å²) in [5, 5.41) is 26.5. The van der Waals surface area contributed by atoms with Gasteiger partial charge < -0.3 is 20.1 Å². The molecule has 2 atom stereocenters. The van der Waals surface area contributed by atoms with Crippen LogP contribution in [0.15, 0.2) is 0 Å². The summed E-state index contributed by atoms with van der Waals surface area (Å²) in [6, 6.07) is 0. The smallest absolute Gasteiger partial charge is 0.306 e. The summed E-state index contributed by atoms with van der Waals surface area (Å²) in [5.74, 6) is -1.05. The highest BCUT2D eigenvalue weighted by molar-refractivity contribution is 5.70. The van der Waals surface area contributed by atoms with Crippen LogP contribution in [-0.2, 0) is 14.3 Å². The summed E-state index contributed by atoms with van der Waals surface area (Å²) in [4.78, 5) is 22.0. The van der Waals surface area contributed by atoms with Crippen LogP contribution in [0, 0.1) is 0 Å². The molecule has 0 aromatic rings. The zero-order valence-electron chi connectivity index (χ0n) is 16.3. The minimum atomic E-state index is -0.827. The maximum atomic E-state index is 11.6. The maximum Gasteiger partial charge on any atom is 0.306 e. The number of ether oxygens (including phenoxy) is 1. The molecule has 6 heteroatoms. The molecule has 0 aliphatic carbocycles. The zero-order valence-corrected chi connectivity index (χ0v) is 16.3. The third-order valence-corrected chi connectivity index (χ3v) is 4.46. The molecule has 0 spiro atoms. The molecule has 0 amide bonds. The molecule has 0 saturated carbocycles. The number of hydrogen-bond donors (Lipinski definition) is 3. The number of carboxylic acids is 1. The van der Waals surface area contributed by atoms with Crippen molar-refractivity contribution in [3.05, 3.63) is 0 Å². The third-order valence-electron chi connectivity index (χ3n) is 4.46. The van der Waals surface area contributed by atoms with Gasteiger partial charge in [-0.3, -0.25) is 9.59 Å². The Morgan fingerprint density at radius 1 is 0.808 bits per heavy atom. The summed E-state index contributed by atoms with van der Waals surface area (Å²) in [7, 11) is 0. The Hall–Kier alpha value is -1.14. The van der Waals surface area contributed by atoms with Gasteiger partial charge in [0.05, 0.1) is 18.8 Å². The van der Waals surface area contributed by atoms with E-state index in [0.29, 0.717) is 25.7 Å². The number of hydrogen-bond acceptors (Lipinski definition) is 5. The summed E-state index contributed by atoms with van der Waals surface area (Å²) >= 11 is 0. The van der Waals surface area contributed by atoms with Gasteiger partial charge in [0.25, 0.3) is 0 Å². The largest absolute Gasteiger partial charge is 0.481 e. The van der Waals surface area contributed by atoms with Gasteiger partial charge >= 0.3 is 11.9 Å². The first-order valence-electron chi connectivity index (χ1n) is 10.2. The second-order valence-electron chi connectivity index (χ2n) is 7.14. The topological polar surface area (TPSA) is 104 Å². The molecule has 3 N–H and O–H groups in total. The van der Waals surface area contributed by atoms with E-state index in [1.165, 1.54) is 25.7 Å². The Bertz CT molecular complexity index is 358. The highest BCUT2D eigenvalue weighted by atomic mass is 16.5. The Kier molecular flexibility index (Phi) is 16.5. The van der Waals surface area contributed by atoms with Crippen LogP contribution in [0.4, 0.5) is 0 Å². The van der Waals surface area contributed by atoms with Crippen molar-refractivity contribution < 1.29 is 29.6 Å². The number of carboxylic acid groups (broad SMARTS) is 1. The van der Waals surface area contributed by atoms with Crippen LogP contribution in [0.3, 0.4) is 0 Å². The van der Waals surface area contributed by atoms with Crippen molar-refractivity contribution in [2.75, 3.05) is 6.61 Å². The van der Waals surface area contributed by atoms with Crippen LogP contribution >= 0.6 is 0 Å². The Morgan fingerprint density at radius 3 is 1.85 bits per heavy atom. The molecule has 0 aromatic heterocycles. The van der Waals surface area contributed by atoms with Crippen molar-refractivity contribution in [1.82, 2.24) is 0 Å². The first-order chi connectivity index (χ1) is 12.5. The van der Waals surface area contributed by atoms with Gasteiger partial charge in [-0.2, -0.15) is 0 Å². The van der Waals surface area contributed by atoms with Gasteiger partial charge in [-0.15, -0.1) is 0 Å². The maximum absolute atomic E-state index is 11.6. The standard InChI is InChI=1S/C20H38O6/c1-17(26-20(25)15-11-10-14-19(23)24)12-8-6-4-2-3-5-7-9-13-18(22)16-21/h17-18,21-22H,2-16H2,1H3,(H,23,24). The van der Waals surface area contributed by atoms with Crippen LogP contribution in [0.2, 0.25) is 0 Å². The van der Waals surface area contributed by atoms with Crippen LogP contribution in [0.1, 0.15) is 96.8 Å². The minimum Gasteiger partial charge on any atom is -0.481 e. The van der Waals surface area contributed by atoms with Crippen molar-refractivity contribution in [1.29, 1.82) is 0 Å². The Morgan fingerprint density at radius 2 is 1.31 bits per heavy atom. The monoisotopic (exact) mass is 374 g/mol. The molecular weight excluding hydrogens is 336 g/mol. The van der Waals surface area contributed by atoms with Gasteiger partial charge in [0.1, 0.15) is 0 Å². The lowest BCUT2D eigenvalue weighted by Gasteiger charge is -2.13. The van der Waals surface area contributed by atoms with E-state index in [9.17, 15) is 14.7 Å². The molecule has 0 rings (SSSR count). The fourth-order valence-electron chi connectivity index (χ4n) is 2.85. The van der Waals surface area contributed by atoms with Crippen LogP contribution < -0.4 is 0 Å². The van der Waals surface area contributed by atoms with Crippen molar-refractivity contribution >= 4 is 11.9 Å². The van der Waals surface area contributed by atoms with Crippen molar-refractivity contribution in [3.8, 4) is 0 Å². The lowest BCUT2D eigenvalue weighted by molar-refractivity contribution is -0.149. The van der Waals surface area contributed by atoms with E-state index in [1.807, 2.05) is 6.92 Å². The van der Waals surface area contributed by atoms with Gasteiger partial charge in [-0.1, -0.05) is 44.9 Å². The number of aliphatic carboxylic acids is 1. The zero-order chi connectivity index (χ0) is 19.6. The van der Waals surface area contributed by atoms with Crippen molar-refractivity contribution in [2.24, 2.45) is 0 Å². The van der Waals surface area contributed by atoms with Crippen molar-refractivity contribution in [2.45, 2.75) is 109 Å². The average molecular weight is 375 g/mol. The number of rotatable bonds is 18. The molecule has 0 radical (unpaired) electrons. The highest BCUT2D eigenvalue weighted by Gasteiger charge is 2.09. The van der Waals surface area contributed by atoms with E-state index in [-0.39, 0.29) is 25.1 Å². The Balaban J connectivity index is 3.36. The van der Waals surface area contributed by atoms with Crippen molar-refractivity contribution in [3.63, 3.8) is 0 Å². The van der Waals surface area contributed by atoms with Crippen LogP contribution in [0.5, 0.6) is 0 Å². The first kappa shape index (κ1) is 24.9. The number of carbonyl (C=O) groups excluding carboxylic acids is 1. The molecule has 0 aliphatic heterocycles. The number of aliphatic hydroxyl groups excluding tert-OH is 2. The average Bonchev–Trinajstić information content (AvgIpc) is 2.59. The second-order valence-corrected chi connectivity index (χ2v) is 7.14. The molecular formula is C20H38O6. The molecule has 26 heavy (non-hydrogen) atoms. The van der Waals surface area contributed by atoms with Gasteiger partial charge in [-0.25, -0.2) is 0 Å². The molecule has 0 heterocycles. The van der Waals surface area contributed by atoms with Gasteiger partial charge in [0.2, 0.25) is 0 Å². The molecule has 0 bridgehead atoms. The predicted octanol–water partition coefficient (Wildman–Crippen LogP) is 3.82. The summed E-state index contributed by atoms with van der Waals surface area (Å²) in [6.45, 7) is 1.77. The molecule has 154 valence electrons. The molecule has 2 unspecified atom stereocenters. The van der Waals surface area contributed by atoms with Gasteiger partial charge in [-0.05, 0) is 39.0 Å². The van der Waals surface area contributed by atoms with E-state index in [0.717, 1.165) is 32.1 Å². The number of esters is 1. The lowest BCUT2D eigenvalue weighted by atomic mass is 10.0. The first-order valence-corrected chi connectivity index (χ1v) is 10.2. The van der Waals surface area contributed by atoms with E-state index < -0.39 is 12.1 Å². The number of aliphatic hydroxyl groups is 2. The fraction of sp³-hybridized carbons (Fsp3) is 0.900. The van der Waals surface area contributed by atoms with Crippen LogP contribution in [-0.4, -0.2) is 46.1 Å². The second kappa shape index (κ2) is 17.3. The van der Waals surface area contributed by atoms with Gasteiger partial charge in [0, 0.05) is 12.8 Å². The van der Waals surface area contributed by atoms with E-state index in [4.69, 9.17) is 14.9 Å². The number of carbonyl (C=O) groups is 2. The minimum absolute atomic E-state index is 0.0695. The summed E-state index contributed by atoms with van der Waals surface area (Å²) in [5.41, 5.74) is 0. The molecule has 0 saturated heterocycles. The lowest BCUT2D eigenvalue weighted by Crippen LogP contribution is -2.14. The molecule has 0 fully saturated rings. The highest BCUT2D eigenvalue weighted by Crippen LogP contribution is 2.13. The fourth-order valence-corrected chi connectivity index (χ4v) is 2.85. The molecule has 0 aromatic carbocycles. The summed E-state index contributed by atoms with van der Waals surface area (Å²) < 4.78 is 5.33. The normalized spacial score (nSPS) is 13.3. The molecule has 0 aliphatic rings. The third kappa shape index (κ3) is 17.7. The quantitative estimate of drug-likeness (QED) is 0.249. The van der Waals surface area contributed by atoms with E-state index in [2.05, 4.69) is 0 Å². The predicted molar refractivity (Wildman–Crippen MR) is 101 cm³/mol. The van der Waals surface area contributed by atoms with Gasteiger partial charge in [0.15, 0.2) is 0 Å². The Labute approximate surface area is 157 Å². The summed E-state index contributed by atoms with van der Waals surface area (Å²) in [6.07, 6.45) is 11.5. The van der Waals surface area contributed by atoms with E-state index >= 15 is 0 Å². The number of unbranched alkanes of at least 4 members (excludes halogenated alkanes) is 8. The van der Waals surface area contributed by atoms with Crippen LogP contribution in [0.25, 0.3) is 0 Å². The SMILES string of the molecule is CC(CCCCCCCCCCC(O)CO)OC(=O)CCCCC(=O)O. The van der Waals surface area contributed by atoms with E-state index in [1.54, 1.807) is 0 Å². The molecule has 6 nitrogen and oxygen atoms in total.